The third-order valence-corrected chi connectivity index (χ3v) is 8.32. The molecule has 14 nitrogen and oxygen atoms in total. The largest absolute Gasteiger partial charge is 0.394 e. The van der Waals surface area contributed by atoms with Crippen LogP contribution in [0.1, 0.15) is 90.9 Å². The average molecular weight is 640 g/mol. The molecule has 2 aliphatic heterocycles. The van der Waals surface area contributed by atoms with Crippen LogP contribution in [0.4, 0.5) is 0 Å². The summed E-state index contributed by atoms with van der Waals surface area (Å²) in [4.78, 5) is 12.7. The van der Waals surface area contributed by atoms with E-state index >= 15 is 0 Å². The van der Waals surface area contributed by atoms with Gasteiger partial charge < -0.3 is 65.1 Å². The van der Waals surface area contributed by atoms with Gasteiger partial charge in [0.1, 0.15) is 48.8 Å². The van der Waals surface area contributed by atoms with Crippen LogP contribution in [0.3, 0.4) is 0 Å². The molecule has 0 aromatic heterocycles. The molecule has 260 valence electrons. The highest BCUT2D eigenvalue weighted by atomic mass is 16.7. The summed E-state index contributed by atoms with van der Waals surface area (Å²) in [6.45, 7) is 2.55. The van der Waals surface area contributed by atoms with Gasteiger partial charge in [-0.1, -0.05) is 71.6 Å². The molecule has 0 aromatic carbocycles. The second-order valence-corrected chi connectivity index (χ2v) is 11.9. The van der Waals surface area contributed by atoms with E-state index in [9.17, 15) is 45.6 Å². The highest BCUT2D eigenvalue weighted by Gasteiger charge is 2.50. The Labute approximate surface area is 260 Å². The molecule has 0 bridgehead atoms. The molecule has 2 fully saturated rings. The molecular formula is C30H57NO13. The fourth-order valence-electron chi connectivity index (χ4n) is 5.47. The Hall–Kier alpha value is -1.01. The van der Waals surface area contributed by atoms with Crippen LogP contribution in [0.2, 0.25) is 0 Å². The van der Waals surface area contributed by atoms with Crippen LogP contribution in [0.15, 0.2) is 0 Å². The lowest BCUT2D eigenvalue weighted by atomic mass is 9.97. The van der Waals surface area contributed by atoms with E-state index in [0.717, 1.165) is 44.9 Å². The van der Waals surface area contributed by atoms with Crippen molar-refractivity contribution in [3.05, 3.63) is 0 Å². The molecular weight excluding hydrogens is 582 g/mol. The molecule has 0 aliphatic carbocycles. The number of ether oxygens (including phenoxy) is 4. The molecule has 14 heteroatoms. The number of amides is 1. The predicted molar refractivity (Wildman–Crippen MR) is 157 cm³/mol. The number of rotatable bonds is 21. The fourth-order valence-corrected chi connectivity index (χ4v) is 5.47. The van der Waals surface area contributed by atoms with E-state index in [4.69, 9.17) is 18.9 Å². The first-order chi connectivity index (χ1) is 21.1. The van der Waals surface area contributed by atoms with Gasteiger partial charge in [0.25, 0.3) is 0 Å². The summed E-state index contributed by atoms with van der Waals surface area (Å²) < 4.78 is 22.3. The van der Waals surface area contributed by atoms with Gasteiger partial charge in [0.05, 0.1) is 32.0 Å². The summed E-state index contributed by atoms with van der Waals surface area (Å²) in [5.74, 6) is -0.229. The van der Waals surface area contributed by atoms with Crippen molar-refractivity contribution < 1.29 is 64.6 Å². The lowest BCUT2D eigenvalue weighted by Crippen LogP contribution is -2.65. The van der Waals surface area contributed by atoms with Crippen molar-refractivity contribution >= 4 is 5.91 Å². The van der Waals surface area contributed by atoms with Crippen LogP contribution in [0.25, 0.3) is 0 Å². The molecule has 9 N–H and O–H groups in total. The number of aliphatic hydroxyl groups is 8. The third kappa shape index (κ3) is 12.0. The Kier molecular flexibility index (Phi) is 18.7. The Balaban J connectivity index is 1.98. The first-order valence-corrected chi connectivity index (χ1v) is 16.3. The number of aliphatic hydroxyl groups excluding tert-OH is 8. The molecule has 0 aromatic rings. The number of hydrogen-bond donors (Lipinski definition) is 9. The molecule has 12 atom stereocenters. The highest BCUT2D eigenvalue weighted by molar-refractivity contribution is 5.76. The van der Waals surface area contributed by atoms with Gasteiger partial charge in [-0.25, -0.2) is 0 Å². The van der Waals surface area contributed by atoms with Crippen molar-refractivity contribution in [2.24, 2.45) is 0 Å². The summed E-state index contributed by atoms with van der Waals surface area (Å²) >= 11 is 0. The van der Waals surface area contributed by atoms with Crippen molar-refractivity contribution in [2.75, 3.05) is 19.8 Å². The van der Waals surface area contributed by atoms with Crippen molar-refractivity contribution in [1.82, 2.24) is 5.32 Å². The molecule has 0 saturated carbocycles. The van der Waals surface area contributed by atoms with Crippen LogP contribution in [-0.4, -0.2) is 140 Å². The maximum atomic E-state index is 12.7. The monoisotopic (exact) mass is 639 g/mol. The molecule has 0 spiro atoms. The number of unbranched alkanes of at least 4 members (excludes halogenated alkanes) is 8. The topological polar surface area (TPSA) is 228 Å². The molecule has 0 radical (unpaired) electrons. The molecule has 44 heavy (non-hydrogen) atoms. The summed E-state index contributed by atoms with van der Waals surface area (Å²) in [5.41, 5.74) is 0. The van der Waals surface area contributed by atoms with E-state index in [0.29, 0.717) is 12.8 Å². The molecule has 2 aliphatic rings. The molecule has 12 unspecified atom stereocenters. The van der Waals surface area contributed by atoms with Crippen LogP contribution in [0, 0.1) is 0 Å². The molecule has 2 saturated heterocycles. The number of carbonyl (C=O) groups excluding carboxylic acids is 1. The van der Waals surface area contributed by atoms with E-state index in [2.05, 4.69) is 12.2 Å². The quantitative estimate of drug-likeness (QED) is 0.0702. The minimum absolute atomic E-state index is 0.229. The van der Waals surface area contributed by atoms with Crippen molar-refractivity contribution in [3.8, 4) is 0 Å². The Morgan fingerprint density at radius 3 is 1.93 bits per heavy atom. The zero-order valence-electron chi connectivity index (χ0n) is 26.2. The molecule has 2 heterocycles. The van der Waals surface area contributed by atoms with E-state index in [-0.39, 0.29) is 12.5 Å². The van der Waals surface area contributed by atoms with Gasteiger partial charge in [-0.2, -0.15) is 0 Å². The zero-order chi connectivity index (χ0) is 32.6. The standard InChI is InChI=1S/C30H57NO13/c1-3-5-7-8-9-10-12-14-22(35)31-18(19(34)13-11-6-4-2)17-41-29-27(40)25(38)28(21(16-33)43-29)44-30-26(39)24(37)23(36)20(15-32)42-30/h18-21,23-30,32-34,36-40H,3-17H2,1-2H3,(H,31,35). The van der Waals surface area contributed by atoms with Gasteiger partial charge in [-0.3, -0.25) is 4.79 Å². The Morgan fingerprint density at radius 1 is 0.727 bits per heavy atom. The number of nitrogens with one attached hydrogen (secondary N) is 1. The van der Waals surface area contributed by atoms with Gasteiger partial charge >= 0.3 is 0 Å². The summed E-state index contributed by atoms with van der Waals surface area (Å²) in [6.07, 6.45) is -5.87. The van der Waals surface area contributed by atoms with Crippen molar-refractivity contribution in [1.29, 1.82) is 0 Å². The highest BCUT2D eigenvalue weighted by Crippen LogP contribution is 2.29. The normalized spacial score (nSPS) is 34.0. The maximum absolute atomic E-state index is 12.7. The second-order valence-electron chi connectivity index (χ2n) is 11.9. The van der Waals surface area contributed by atoms with E-state index in [1.807, 2.05) is 6.92 Å². The smallest absolute Gasteiger partial charge is 0.220 e. The third-order valence-electron chi connectivity index (χ3n) is 8.32. The molecule has 2 rings (SSSR count). The Bertz CT molecular complexity index is 775. The van der Waals surface area contributed by atoms with Gasteiger partial charge in [-0.15, -0.1) is 0 Å². The second kappa shape index (κ2) is 21.0. The molecule has 1 amide bonds. The minimum Gasteiger partial charge on any atom is -0.394 e. The van der Waals surface area contributed by atoms with Gasteiger partial charge in [0.15, 0.2) is 12.6 Å². The number of carbonyl (C=O) groups is 1. The number of hydrogen-bond acceptors (Lipinski definition) is 13. The van der Waals surface area contributed by atoms with Gasteiger partial charge in [0.2, 0.25) is 5.91 Å². The van der Waals surface area contributed by atoms with Crippen molar-refractivity contribution in [2.45, 2.75) is 164 Å². The SMILES string of the molecule is CCCCCCCCCC(=O)NC(COC1OC(CO)C(OC2OC(CO)C(O)C(O)C2O)C(O)C1O)C(O)CCCCC. The minimum atomic E-state index is -1.77. The lowest BCUT2D eigenvalue weighted by molar-refractivity contribution is -0.359. The fraction of sp³-hybridized carbons (Fsp3) is 0.967. The van der Waals surface area contributed by atoms with E-state index in [1.54, 1.807) is 0 Å². The van der Waals surface area contributed by atoms with Crippen LogP contribution >= 0.6 is 0 Å². The Morgan fingerprint density at radius 2 is 1.30 bits per heavy atom. The lowest BCUT2D eigenvalue weighted by Gasteiger charge is -2.46. The summed E-state index contributed by atoms with van der Waals surface area (Å²) in [6, 6.07) is -0.812. The van der Waals surface area contributed by atoms with Gasteiger partial charge in [-0.05, 0) is 12.8 Å². The van der Waals surface area contributed by atoms with Crippen LogP contribution in [-0.2, 0) is 23.7 Å². The zero-order valence-corrected chi connectivity index (χ0v) is 26.2. The van der Waals surface area contributed by atoms with Crippen LogP contribution < -0.4 is 5.32 Å². The van der Waals surface area contributed by atoms with Crippen molar-refractivity contribution in [3.63, 3.8) is 0 Å². The summed E-state index contributed by atoms with van der Waals surface area (Å²) in [7, 11) is 0. The van der Waals surface area contributed by atoms with E-state index in [1.165, 1.54) is 19.3 Å². The first kappa shape index (κ1) is 39.2. The predicted octanol–water partition coefficient (Wildman–Crippen LogP) is -0.806. The summed E-state index contributed by atoms with van der Waals surface area (Å²) in [5, 5.41) is 85.0. The average Bonchev–Trinajstić information content (AvgIpc) is 3.01. The van der Waals surface area contributed by atoms with E-state index < -0.39 is 86.8 Å². The van der Waals surface area contributed by atoms with Crippen LogP contribution in [0.5, 0.6) is 0 Å². The first-order valence-electron chi connectivity index (χ1n) is 16.3. The van der Waals surface area contributed by atoms with Gasteiger partial charge in [0, 0.05) is 6.42 Å². The maximum Gasteiger partial charge on any atom is 0.220 e.